The van der Waals surface area contributed by atoms with Crippen LogP contribution in [0.25, 0.3) is 0 Å². The Kier molecular flexibility index (Phi) is 8.28. The topological polar surface area (TPSA) is 87.7 Å². The molecule has 0 unspecified atom stereocenters. The minimum atomic E-state index is -0.912. The van der Waals surface area contributed by atoms with Crippen LogP contribution in [0.15, 0.2) is 72.1 Å². The summed E-state index contributed by atoms with van der Waals surface area (Å²) in [5.74, 6) is -1.01. The third-order valence-electron chi connectivity index (χ3n) is 5.84. The lowest BCUT2D eigenvalue weighted by molar-refractivity contribution is -0.126. The van der Waals surface area contributed by atoms with Crippen molar-refractivity contribution in [3.8, 4) is 0 Å². The van der Waals surface area contributed by atoms with Crippen molar-refractivity contribution in [1.29, 1.82) is 0 Å². The molecule has 1 aromatic heterocycles. The van der Waals surface area contributed by atoms with E-state index in [1.165, 1.54) is 16.2 Å². The molecule has 0 aliphatic carbocycles. The Labute approximate surface area is 209 Å². The molecule has 35 heavy (non-hydrogen) atoms. The summed E-state index contributed by atoms with van der Waals surface area (Å²) >= 11 is 1.30. The number of hydrogen-bond donors (Lipinski definition) is 2. The summed E-state index contributed by atoms with van der Waals surface area (Å²) in [6.07, 6.45) is 1.84. The van der Waals surface area contributed by atoms with Crippen LogP contribution >= 0.6 is 11.3 Å². The van der Waals surface area contributed by atoms with Crippen LogP contribution in [-0.2, 0) is 14.3 Å². The van der Waals surface area contributed by atoms with Crippen LogP contribution in [0.1, 0.15) is 39.7 Å². The monoisotopic (exact) mass is 491 g/mol. The molecule has 182 valence electrons. The second-order valence-electron chi connectivity index (χ2n) is 8.46. The van der Waals surface area contributed by atoms with Crippen molar-refractivity contribution >= 4 is 34.7 Å². The lowest BCUT2D eigenvalue weighted by Gasteiger charge is -2.32. The number of carbonyl (C=O) groups excluding carboxylic acids is 3. The summed E-state index contributed by atoms with van der Waals surface area (Å²) in [6.45, 7) is 2.76. The van der Waals surface area contributed by atoms with Gasteiger partial charge in [0.05, 0.1) is 17.5 Å². The molecular formula is C27H29N3O4S. The zero-order chi connectivity index (χ0) is 24.6. The summed E-state index contributed by atoms with van der Waals surface area (Å²) in [5.41, 5.74) is 2.22. The van der Waals surface area contributed by atoms with Crippen LogP contribution in [-0.4, -0.2) is 43.5 Å². The van der Waals surface area contributed by atoms with Crippen LogP contribution < -0.4 is 15.5 Å². The van der Waals surface area contributed by atoms with Crippen LogP contribution in [0.4, 0.5) is 5.69 Å². The third-order valence-corrected chi connectivity index (χ3v) is 6.71. The summed E-state index contributed by atoms with van der Waals surface area (Å²) in [5, 5.41) is 7.49. The van der Waals surface area contributed by atoms with E-state index < -0.39 is 6.04 Å². The first-order valence-corrected chi connectivity index (χ1v) is 12.6. The largest absolute Gasteiger partial charge is 0.376 e. The van der Waals surface area contributed by atoms with Crippen LogP contribution in [0.3, 0.4) is 0 Å². The number of amides is 3. The molecule has 7 nitrogen and oxygen atoms in total. The van der Waals surface area contributed by atoms with E-state index in [-0.39, 0.29) is 30.4 Å². The van der Waals surface area contributed by atoms with E-state index >= 15 is 0 Å². The number of aryl methyl sites for hydroxylation is 1. The fourth-order valence-electron chi connectivity index (χ4n) is 4.12. The molecule has 1 saturated heterocycles. The van der Waals surface area contributed by atoms with Crippen molar-refractivity contribution in [3.63, 3.8) is 0 Å². The second-order valence-corrected chi connectivity index (χ2v) is 9.40. The van der Waals surface area contributed by atoms with E-state index in [1.54, 1.807) is 23.6 Å². The molecule has 8 heteroatoms. The van der Waals surface area contributed by atoms with Crippen LogP contribution in [0, 0.1) is 6.92 Å². The molecule has 1 aliphatic heterocycles. The van der Waals surface area contributed by atoms with Crippen LogP contribution in [0.2, 0.25) is 0 Å². The Morgan fingerprint density at radius 2 is 1.89 bits per heavy atom. The zero-order valence-corrected chi connectivity index (χ0v) is 20.4. The maximum atomic E-state index is 13.6. The molecule has 0 spiro atoms. The fraction of sp³-hybridized carbons (Fsp3) is 0.296. The normalized spacial score (nSPS) is 15.9. The van der Waals surface area contributed by atoms with Crippen molar-refractivity contribution < 1.29 is 19.1 Å². The van der Waals surface area contributed by atoms with E-state index in [9.17, 15) is 14.4 Å². The predicted octanol–water partition coefficient (Wildman–Crippen LogP) is 3.86. The summed E-state index contributed by atoms with van der Waals surface area (Å²) < 4.78 is 5.66. The first kappa shape index (κ1) is 24.6. The van der Waals surface area contributed by atoms with E-state index in [0.29, 0.717) is 29.3 Å². The first-order valence-electron chi connectivity index (χ1n) is 11.7. The molecule has 2 atom stereocenters. The molecule has 1 fully saturated rings. The summed E-state index contributed by atoms with van der Waals surface area (Å²) in [7, 11) is 0. The van der Waals surface area contributed by atoms with Gasteiger partial charge in [-0.3, -0.25) is 19.3 Å². The molecular weight excluding hydrogens is 462 g/mol. The maximum Gasteiger partial charge on any atom is 0.261 e. The Bertz CT molecular complexity index is 1140. The fourth-order valence-corrected chi connectivity index (χ4v) is 4.76. The van der Waals surface area contributed by atoms with Crippen LogP contribution in [0.5, 0.6) is 0 Å². The number of anilines is 1. The number of rotatable bonds is 9. The van der Waals surface area contributed by atoms with Crippen molar-refractivity contribution in [1.82, 2.24) is 10.6 Å². The lowest BCUT2D eigenvalue weighted by atomic mass is 10.0. The minimum Gasteiger partial charge on any atom is -0.376 e. The number of carbonyl (C=O) groups is 3. The molecule has 2 aromatic carbocycles. The van der Waals surface area contributed by atoms with Gasteiger partial charge < -0.3 is 15.4 Å². The Morgan fingerprint density at radius 3 is 2.57 bits per heavy atom. The van der Waals surface area contributed by atoms with Gasteiger partial charge in [-0.2, -0.15) is 0 Å². The average molecular weight is 492 g/mol. The van der Waals surface area contributed by atoms with Crippen molar-refractivity contribution in [2.24, 2.45) is 0 Å². The highest BCUT2D eigenvalue weighted by atomic mass is 32.1. The molecule has 4 rings (SSSR count). The van der Waals surface area contributed by atoms with Gasteiger partial charge in [-0.25, -0.2) is 0 Å². The number of nitrogens with one attached hydrogen (secondary N) is 2. The average Bonchev–Trinajstić information content (AvgIpc) is 3.59. The number of ether oxygens (including phenoxy) is 1. The summed E-state index contributed by atoms with van der Waals surface area (Å²) in [4.78, 5) is 41.7. The molecule has 2 N–H and O–H groups in total. The third kappa shape index (κ3) is 6.35. The lowest BCUT2D eigenvalue weighted by Crippen LogP contribution is -2.48. The predicted molar refractivity (Wildman–Crippen MR) is 136 cm³/mol. The number of benzene rings is 2. The number of nitrogens with zero attached hydrogens (tertiary/aromatic N) is 1. The van der Waals surface area contributed by atoms with Crippen molar-refractivity contribution in [2.45, 2.75) is 31.9 Å². The summed E-state index contributed by atoms with van der Waals surface area (Å²) in [6, 6.07) is 19.2. The molecule has 3 aromatic rings. The highest BCUT2D eigenvalue weighted by Crippen LogP contribution is 2.29. The Hall–Kier alpha value is -3.49. The van der Waals surface area contributed by atoms with Gasteiger partial charge in [0.25, 0.3) is 5.91 Å². The maximum absolute atomic E-state index is 13.6. The smallest absolute Gasteiger partial charge is 0.261 e. The highest BCUT2D eigenvalue weighted by molar-refractivity contribution is 7.12. The van der Waals surface area contributed by atoms with E-state index in [0.717, 1.165) is 18.4 Å². The van der Waals surface area contributed by atoms with Gasteiger partial charge in [-0.1, -0.05) is 48.5 Å². The first-order chi connectivity index (χ1) is 17.0. The van der Waals surface area contributed by atoms with E-state index in [2.05, 4.69) is 10.6 Å². The van der Waals surface area contributed by atoms with Crippen molar-refractivity contribution in [3.05, 3.63) is 88.1 Å². The Morgan fingerprint density at radius 1 is 1.06 bits per heavy atom. The van der Waals surface area contributed by atoms with Gasteiger partial charge in [0.2, 0.25) is 11.8 Å². The SMILES string of the molecule is Cc1cccc(N(C(=O)CNC(=O)c2cccs2)[C@@H](C(=O)NC[C@@H]2CCCO2)c2ccccc2)c1. The zero-order valence-electron chi connectivity index (χ0n) is 19.6. The van der Waals surface area contributed by atoms with E-state index in [4.69, 9.17) is 4.74 Å². The second kappa shape index (κ2) is 11.8. The van der Waals surface area contributed by atoms with Crippen molar-refractivity contribution in [2.75, 3.05) is 24.6 Å². The molecule has 2 heterocycles. The highest BCUT2D eigenvalue weighted by Gasteiger charge is 2.33. The van der Waals surface area contributed by atoms with Gasteiger partial charge in [0, 0.05) is 18.8 Å². The molecule has 0 bridgehead atoms. The van der Waals surface area contributed by atoms with Gasteiger partial charge in [0.1, 0.15) is 6.04 Å². The molecule has 0 radical (unpaired) electrons. The van der Waals surface area contributed by atoms with E-state index in [1.807, 2.05) is 55.5 Å². The molecule has 3 amide bonds. The standard InChI is InChI=1S/C27H29N3O4S/c1-19-8-5-11-21(16-19)30(24(31)18-29-26(32)23-13-7-15-35-23)25(20-9-3-2-4-10-20)27(33)28-17-22-12-6-14-34-22/h2-5,7-11,13,15-16,22,25H,6,12,14,17-18H2,1H3,(H,28,33)(H,29,32)/t22-,25+/m0/s1. The Balaban J connectivity index is 1.63. The number of hydrogen-bond acceptors (Lipinski definition) is 5. The van der Waals surface area contributed by atoms with Gasteiger partial charge in [0.15, 0.2) is 0 Å². The quantitative estimate of drug-likeness (QED) is 0.476. The number of thiophene rings is 1. The van der Waals surface area contributed by atoms with Gasteiger partial charge >= 0.3 is 0 Å². The molecule has 1 aliphatic rings. The molecule has 0 saturated carbocycles. The van der Waals surface area contributed by atoms with Gasteiger partial charge in [-0.15, -0.1) is 11.3 Å². The van der Waals surface area contributed by atoms with Gasteiger partial charge in [-0.05, 0) is 54.5 Å². The minimum absolute atomic E-state index is 0.0245.